The van der Waals surface area contributed by atoms with Gasteiger partial charge < -0.3 is 10.8 Å². The van der Waals surface area contributed by atoms with Crippen molar-refractivity contribution >= 4 is 5.84 Å². The minimum atomic E-state index is 0.216. The minimum Gasteiger partial charge on any atom is -0.396 e. The first kappa shape index (κ1) is 9.48. The van der Waals surface area contributed by atoms with Crippen LogP contribution < -0.4 is 5.73 Å². The number of aliphatic hydroxyl groups excluding tert-OH is 1. The molecule has 0 saturated carbocycles. The van der Waals surface area contributed by atoms with E-state index in [0.29, 0.717) is 12.5 Å². The highest BCUT2D eigenvalue weighted by Gasteiger charge is 2.18. The minimum absolute atomic E-state index is 0.216. The molecule has 0 aromatic rings. The van der Waals surface area contributed by atoms with Crippen LogP contribution in [0.3, 0.4) is 0 Å². The average Bonchev–Trinajstić information content (AvgIpc) is 2.03. The summed E-state index contributed by atoms with van der Waals surface area (Å²) in [5.74, 6) is 0.603. The van der Waals surface area contributed by atoms with E-state index in [1.165, 1.54) is 0 Å². The molecule has 0 spiro atoms. The molecule has 4 N–H and O–H groups in total. The molecule has 0 aromatic carbocycles. The highest BCUT2D eigenvalue weighted by Crippen LogP contribution is 2.14. The van der Waals surface area contributed by atoms with E-state index in [9.17, 15) is 0 Å². The molecule has 1 aliphatic heterocycles. The number of nitrogens with one attached hydrogen (secondary N) is 1. The lowest BCUT2D eigenvalue weighted by Crippen LogP contribution is -2.41. The number of hydrogen-bond donors (Lipinski definition) is 3. The van der Waals surface area contributed by atoms with Crippen LogP contribution in [0.25, 0.3) is 0 Å². The van der Waals surface area contributed by atoms with Gasteiger partial charge in [-0.05, 0) is 25.3 Å². The molecule has 12 heavy (non-hydrogen) atoms. The lowest BCUT2D eigenvalue weighted by molar-refractivity contribution is 0.131. The van der Waals surface area contributed by atoms with Crippen LogP contribution in [0.15, 0.2) is 0 Å². The predicted octanol–water partition coefficient (Wildman–Crippen LogP) is -0.373. The second kappa shape index (κ2) is 4.42. The van der Waals surface area contributed by atoms with Gasteiger partial charge in [-0.2, -0.15) is 0 Å². The first-order chi connectivity index (χ1) is 5.72. The van der Waals surface area contributed by atoms with Gasteiger partial charge in [-0.3, -0.25) is 10.3 Å². The Morgan fingerprint density at radius 1 is 1.67 bits per heavy atom. The fourth-order valence-corrected chi connectivity index (χ4v) is 1.68. The molecular formula is C8H17N3O. The summed E-state index contributed by atoms with van der Waals surface area (Å²) in [5, 5.41) is 16.1. The molecule has 1 saturated heterocycles. The molecule has 1 heterocycles. The number of rotatable bonds is 3. The SMILES string of the molecule is N=C(N)CN1CCCC(CO)C1. The number of likely N-dealkylation sites (tertiary alicyclic amines) is 1. The van der Waals surface area contributed by atoms with Crippen molar-refractivity contribution in [1.29, 1.82) is 5.41 Å². The van der Waals surface area contributed by atoms with Crippen molar-refractivity contribution < 1.29 is 5.11 Å². The third-order valence-corrected chi connectivity index (χ3v) is 2.26. The van der Waals surface area contributed by atoms with E-state index in [-0.39, 0.29) is 12.4 Å². The Bertz CT molecular complexity index is 160. The van der Waals surface area contributed by atoms with Crippen molar-refractivity contribution in [3.05, 3.63) is 0 Å². The van der Waals surface area contributed by atoms with Gasteiger partial charge in [-0.25, -0.2) is 0 Å². The lowest BCUT2D eigenvalue weighted by Gasteiger charge is -2.31. The topological polar surface area (TPSA) is 73.3 Å². The monoisotopic (exact) mass is 171 g/mol. The summed E-state index contributed by atoms with van der Waals surface area (Å²) in [5.41, 5.74) is 5.29. The van der Waals surface area contributed by atoms with Crippen molar-refractivity contribution in [3.63, 3.8) is 0 Å². The molecule has 0 bridgehead atoms. The number of nitrogens with two attached hydrogens (primary N) is 1. The molecule has 4 nitrogen and oxygen atoms in total. The summed E-state index contributed by atoms with van der Waals surface area (Å²) >= 11 is 0. The summed E-state index contributed by atoms with van der Waals surface area (Å²) < 4.78 is 0. The van der Waals surface area contributed by atoms with Crippen LogP contribution in [0.2, 0.25) is 0 Å². The van der Waals surface area contributed by atoms with Gasteiger partial charge in [-0.15, -0.1) is 0 Å². The molecule has 0 radical (unpaired) electrons. The molecule has 4 heteroatoms. The Labute approximate surface area is 72.9 Å². The first-order valence-corrected chi connectivity index (χ1v) is 4.38. The molecule has 1 fully saturated rings. The summed E-state index contributed by atoms with van der Waals surface area (Å²) in [6, 6.07) is 0. The van der Waals surface area contributed by atoms with Gasteiger partial charge in [0, 0.05) is 13.2 Å². The zero-order valence-electron chi connectivity index (χ0n) is 7.29. The zero-order chi connectivity index (χ0) is 8.97. The summed E-state index contributed by atoms with van der Waals surface area (Å²) in [7, 11) is 0. The Morgan fingerprint density at radius 2 is 2.42 bits per heavy atom. The lowest BCUT2D eigenvalue weighted by atomic mass is 9.99. The fourth-order valence-electron chi connectivity index (χ4n) is 1.68. The van der Waals surface area contributed by atoms with Crippen LogP contribution in [0.1, 0.15) is 12.8 Å². The fraction of sp³-hybridized carbons (Fsp3) is 0.875. The second-order valence-electron chi connectivity index (χ2n) is 3.45. The number of piperidine rings is 1. The average molecular weight is 171 g/mol. The van der Waals surface area contributed by atoms with Crippen LogP contribution >= 0.6 is 0 Å². The highest BCUT2D eigenvalue weighted by atomic mass is 16.3. The molecule has 1 aliphatic rings. The maximum Gasteiger partial charge on any atom is 0.105 e. The Morgan fingerprint density at radius 3 is 3.00 bits per heavy atom. The van der Waals surface area contributed by atoms with Crippen molar-refractivity contribution in [2.24, 2.45) is 11.7 Å². The van der Waals surface area contributed by atoms with Gasteiger partial charge >= 0.3 is 0 Å². The molecule has 0 amide bonds. The molecule has 1 rings (SSSR count). The van der Waals surface area contributed by atoms with Crippen LogP contribution in [-0.2, 0) is 0 Å². The quantitative estimate of drug-likeness (QED) is 0.400. The highest BCUT2D eigenvalue weighted by molar-refractivity contribution is 5.78. The van der Waals surface area contributed by atoms with Crippen LogP contribution in [0, 0.1) is 11.3 Å². The van der Waals surface area contributed by atoms with Crippen LogP contribution in [0.5, 0.6) is 0 Å². The largest absolute Gasteiger partial charge is 0.396 e. The third-order valence-electron chi connectivity index (χ3n) is 2.26. The van der Waals surface area contributed by atoms with Gasteiger partial charge in [0.15, 0.2) is 0 Å². The Hall–Kier alpha value is -0.610. The summed E-state index contributed by atoms with van der Waals surface area (Å²) in [6.07, 6.45) is 2.21. The van der Waals surface area contributed by atoms with E-state index in [0.717, 1.165) is 25.9 Å². The van der Waals surface area contributed by atoms with Gasteiger partial charge in [0.2, 0.25) is 0 Å². The molecule has 1 atom stereocenters. The number of aliphatic hydroxyl groups is 1. The second-order valence-corrected chi connectivity index (χ2v) is 3.45. The third kappa shape index (κ3) is 2.79. The van der Waals surface area contributed by atoms with Crippen molar-refractivity contribution in [2.75, 3.05) is 26.2 Å². The molecule has 0 aromatic heterocycles. The molecule has 70 valence electrons. The van der Waals surface area contributed by atoms with Crippen LogP contribution in [-0.4, -0.2) is 42.1 Å². The summed E-state index contributed by atoms with van der Waals surface area (Å²) in [6.45, 7) is 2.71. The molecular weight excluding hydrogens is 154 g/mol. The van der Waals surface area contributed by atoms with Crippen molar-refractivity contribution in [3.8, 4) is 0 Å². The van der Waals surface area contributed by atoms with E-state index in [2.05, 4.69) is 4.90 Å². The van der Waals surface area contributed by atoms with Gasteiger partial charge in [0.05, 0.1) is 6.54 Å². The van der Waals surface area contributed by atoms with Gasteiger partial charge in [-0.1, -0.05) is 0 Å². The zero-order valence-corrected chi connectivity index (χ0v) is 7.29. The maximum atomic E-state index is 8.93. The van der Waals surface area contributed by atoms with Crippen molar-refractivity contribution in [2.45, 2.75) is 12.8 Å². The normalized spacial score (nSPS) is 25.6. The smallest absolute Gasteiger partial charge is 0.105 e. The van der Waals surface area contributed by atoms with E-state index < -0.39 is 0 Å². The maximum absolute atomic E-state index is 8.93. The van der Waals surface area contributed by atoms with E-state index in [4.69, 9.17) is 16.2 Å². The summed E-state index contributed by atoms with van der Waals surface area (Å²) in [4.78, 5) is 2.13. The Balaban J connectivity index is 2.30. The first-order valence-electron chi connectivity index (χ1n) is 4.38. The predicted molar refractivity (Wildman–Crippen MR) is 48.2 cm³/mol. The van der Waals surface area contributed by atoms with E-state index >= 15 is 0 Å². The molecule has 0 aliphatic carbocycles. The van der Waals surface area contributed by atoms with Gasteiger partial charge in [0.1, 0.15) is 5.84 Å². The number of amidine groups is 1. The number of hydrogen-bond acceptors (Lipinski definition) is 3. The van der Waals surface area contributed by atoms with Gasteiger partial charge in [0.25, 0.3) is 0 Å². The van der Waals surface area contributed by atoms with E-state index in [1.54, 1.807) is 0 Å². The standard InChI is InChI=1S/C8H17N3O/c9-8(10)5-11-3-1-2-7(4-11)6-12/h7,12H,1-6H2,(H3,9,10). The van der Waals surface area contributed by atoms with E-state index in [1.807, 2.05) is 0 Å². The van der Waals surface area contributed by atoms with Crippen LogP contribution in [0.4, 0.5) is 0 Å². The number of nitrogens with zero attached hydrogens (tertiary/aromatic N) is 1. The van der Waals surface area contributed by atoms with Crippen molar-refractivity contribution in [1.82, 2.24) is 4.90 Å². The molecule has 1 unspecified atom stereocenters. The Kier molecular flexibility index (Phi) is 3.49.